The topological polar surface area (TPSA) is 87.0 Å². The first-order valence-corrected chi connectivity index (χ1v) is 10.9. The Morgan fingerprint density at radius 1 is 1.10 bits per heavy atom. The molecule has 4 rings (SSSR count). The van der Waals surface area contributed by atoms with Crippen molar-refractivity contribution in [2.24, 2.45) is 0 Å². The van der Waals surface area contributed by atoms with Crippen LogP contribution < -0.4 is 14.8 Å². The molecule has 0 saturated carbocycles. The van der Waals surface area contributed by atoms with Crippen LogP contribution in [-0.4, -0.2) is 31.1 Å². The molecule has 9 heteroatoms. The SMILES string of the molecule is CCCCn1cnc2c(OCc3cccs3)nc(Nc3ccc(OCC)nc3)nc21. The summed E-state index contributed by atoms with van der Waals surface area (Å²) in [5.41, 5.74) is 2.18. The fourth-order valence-electron chi connectivity index (χ4n) is 2.92. The minimum atomic E-state index is 0.438. The molecule has 4 heterocycles. The highest BCUT2D eigenvalue weighted by Crippen LogP contribution is 2.26. The van der Waals surface area contributed by atoms with E-state index in [1.54, 1.807) is 23.9 Å². The zero-order valence-electron chi connectivity index (χ0n) is 17.0. The minimum absolute atomic E-state index is 0.438. The highest BCUT2D eigenvalue weighted by molar-refractivity contribution is 7.09. The van der Waals surface area contributed by atoms with Gasteiger partial charge >= 0.3 is 0 Å². The molecule has 0 aromatic carbocycles. The third-order valence-corrected chi connectivity index (χ3v) is 5.25. The van der Waals surface area contributed by atoms with Crippen molar-refractivity contribution in [3.05, 3.63) is 47.0 Å². The average molecular weight is 425 g/mol. The summed E-state index contributed by atoms with van der Waals surface area (Å²) in [6.07, 6.45) is 5.64. The zero-order chi connectivity index (χ0) is 20.8. The third kappa shape index (κ3) is 4.68. The summed E-state index contributed by atoms with van der Waals surface area (Å²) in [6.45, 7) is 5.95. The van der Waals surface area contributed by atoms with Gasteiger partial charge in [-0.2, -0.15) is 9.97 Å². The maximum Gasteiger partial charge on any atom is 0.247 e. The van der Waals surface area contributed by atoms with Crippen LogP contribution in [0.2, 0.25) is 0 Å². The Kier molecular flexibility index (Phi) is 6.38. The van der Waals surface area contributed by atoms with Gasteiger partial charge in [0.1, 0.15) is 6.61 Å². The Balaban J connectivity index is 1.63. The molecule has 0 saturated heterocycles. The number of aromatic nitrogens is 5. The molecule has 30 heavy (non-hydrogen) atoms. The van der Waals surface area contributed by atoms with E-state index in [1.807, 2.05) is 41.1 Å². The molecule has 0 spiro atoms. The van der Waals surface area contributed by atoms with Gasteiger partial charge in [0.05, 0.1) is 24.8 Å². The Hall–Kier alpha value is -3.20. The first-order chi connectivity index (χ1) is 14.8. The number of hydrogen-bond acceptors (Lipinski definition) is 8. The van der Waals surface area contributed by atoms with Gasteiger partial charge in [-0.3, -0.25) is 0 Å². The molecule has 0 aliphatic heterocycles. The Morgan fingerprint density at radius 2 is 2.03 bits per heavy atom. The highest BCUT2D eigenvalue weighted by atomic mass is 32.1. The number of imidazole rings is 1. The molecular formula is C21H24N6O2S. The number of ether oxygens (including phenoxy) is 2. The standard InChI is InChI=1S/C21H24N6O2S/c1-3-5-10-27-14-23-18-19(27)25-21(24-15-8-9-17(22-12-15)28-4-2)26-20(18)29-13-16-7-6-11-30-16/h6-9,11-12,14H,3-5,10,13H2,1-2H3,(H,24,25,26). The monoisotopic (exact) mass is 424 g/mol. The molecule has 0 bridgehead atoms. The van der Waals surface area contributed by atoms with E-state index in [0.717, 1.165) is 35.6 Å². The molecule has 8 nitrogen and oxygen atoms in total. The number of pyridine rings is 1. The maximum atomic E-state index is 6.02. The first kappa shape index (κ1) is 20.1. The summed E-state index contributed by atoms with van der Waals surface area (Å²) in [5.74, 6) is 1.48. The molecule has 0 amide bonds. The number of nitrogens with one attached hydrogen (secondary N) is 1. The number of nitrogens with zero attached hydrogens (tertiary/aromatic N) is 5. The Labute approximate surface area is 178 Å². The fraction of sp³-hybridized carbons (Fsp3) is 0.333. The van der Waals surface area contributed by atoms with Crippen LogP contribution in [0.25, 0.3) is 11.2 Å². The van der Waals surface area contributed by atoms with Gasteiger partial charge in [0, 0.05) is 17.5 Å². The number of aryl methyl sites for hydroxylation is 1. The molecule has 0 radical (unpaired) electrons. The van der Waals surface area contributed by atoms with E-state index in [4.69, 9.17) is 9.47 Å². The van der Waals surface area contributed by atoms with Crippen LogP contribution in [0, 0.1) is 0 Å². The van der Waals surface area contributed by atoms with Gasteiger partial charge < -0.3 is 19.4 Å². The number of fused-ring (bicyclic) bond motifs is 1. The van der Waals surface area contributed by atoms with Crippen LogP contribution in [0.3, 0.4) is 0 Å². The second-order valence-corrected chi connectivity index (χ2v) is 7.66. The molecule has 0 aliphatic rings. The van der Waals surface area contributed by atoms with Crippen LogP contribution in [0.1, 0.15) is 31.6 Å². The molecule has 0 fully saturated rings. The lowest BCUT2D eigenvalue weighted by Crippen LogP contribution is -2.05. The number of anilines is 2. The number of hydrogen-bond donors (Lipinski definition) is 1. The molecule has 0 unspecified atom stereocenters. The van der Waals surface area contributed by atoms with Crippen LogP contribution in [-0.2, 0) is 13.2 Å². The smallest absolute Gasteiger partial charge is 0.247 e. The summed E-state index contributed by atoms with van der Waals surface area (Å²) < 4.78 is 13.5. The largest absolute Gasteiger partial charge is 0.478 e. The molecule has 156 valence electrons. The summed E-state index contributed by atoms with van der Waals surface area (Å²) in [6, 6.07) is 7.73. The van der Waals surface area contributed by atoms with E-state index in [2.05, 4.69) is 32.2 Å². The van der Waals surface area contributed by atoms with E-state index < -0.39 is 0 Å². The van der Waals surface area contributed by atoms with Gasteiger partial charge in [0.2, 0.25) is 17.7 Å². The highest BCUT2D eigenvalue weighted by Gasteiger charge is 2.15. The van der Waals surface area contributed by atoms with Gasteiger partial charge in [-0.05, 0) is 30.9 Å². The van der Waals surface area contributed by atoms with Crippen molar-refractivity contribution in [3.8, 4) is 11.8 Å². The van der Waals surface area contributed by atoms with Crippen molar-refractivity contribution >= 4 is 34.1 Å². The van der Waals surface area contributed by atoms with E-state index >= 15 is 0 Å². The van der Waals surface area contributed by atoms with E-state index in [-0.39, 0.29) is 0 Å². The predicted octanol–water partition coefficient (Wildman–Crippen LogP) is 4.80. The van der Waals surface area contributed by atoms with Crippen molar-refractivity contribution in [2.45, 2.75) is 39.8 Å². The van der Waals surface area contributed by atoms with Crippen LogP contribution in [0.5, 0.6) is 11.8 Å². The summed E-state index contributed by atoms with van der Waals surface area (Å²) in [4.78, 5) is 19.2. The van der Waals surface area contributed by atoms with Gasteiger partial charge in [-0.15, -0.1) is 11.3 Å². The van der Waals surface area contributed by atoms with E-state index in [9.17, 15) is 0 Å². The molecule has 4 aromatic rings. The third-order valence-electron chi connectivity index (χ3n) is 4.40. The lowest BCUT2D eigenvalue weighted by atomic mass is 10.3. The molecule has 4 aromatic heterocycles. The van der Waals surface area contributed by atoms with E-state index in [0.29, 0.717) is 36.4 Å². The summed E-state index contributed by atoms with van der Waals surface area (Å²) in [7, 11) is 0. The van der Waals surface area contributed by atoms with Crippen molar-refractivity contribution in [2.75, 3.05) is 11.9 Å². The van der Waals surface area contributed by atoms with Crippen molar-refractivity contribution in [1.82, 2.24) is 24.5 Å². The number of rotatable bonds is 10. The van der Waals surface area contributed by atoms with Crippen molar-refractivity contribution in [1.29, 1.82) is 0 Å². The quantitative estimate of drug-likeness (QED) is 0.391. The molecule has 0 atom stereocenters. The van der Waals surface area contributed by atoms with Gasteiger partial charge in [0.25, 0.3) is 0 Å². The van der Waals surface area contributed by atoms with Crippen LogP contribution in [0.4, 0.5) is 11.6 Å². The number of thiophene rings is 1. The Bertz CT molecular complexity index is 1080. The van der Waals surface area contributed by atoms with Crippen molar-refractivity contribution in [3.63, 3.8) is 0 Å². The zero-order valence-corrected chi connectivity index (χ0v) is 17.9. The molecule has 1 N–H and O–H groups in total. The molecular weight excluding hydrogens is 400 g/mol. The Morgan fingerprint density at radius 3 is 2.77 bits per heavy atom. The van der Waals surface area contributed by atoms with Crippen LogP contribution >= 0.6 is 11.3 Å². The van der Waals surface area contributed by atoms with Gasteiger partial charge in [-0.25, -0.2) is 9.97 Å². The summed E-state index contributed by atoms with van der Waals surface area (Å²) >= 11 is 1.65. The lowest BCUT2D eigenvalue weighted by molar-refractivity contribution is 0.301. The fourth-order valence-corrected chi connectivity index (χ4v) is 3.53. The van der Waals surface area contributed by atoms with Crippen molar-refractivity contribution < 1.29 is 9.47 Å². The van der Waals surface area contributed by atoms with Crippen LogP contribution in [0.15, 0.2) is 42.2 Å². The second kappa shape index (κ2) is 9.53. The normalized spacial score (nSPS) is 11.0. The number of unbranched alkanes of at least 4 members (excludes halogenated alkanes) is 1. The molecule has 0 aliphatic carbocycles. The predicted molar refractivity (Wildman–Crippen MR) is 118 cm³/mol. The van der Waals surface area contributed by atoms with Gasteiger partial charge in [-0.1, -0.05) is 19.4 Å². The second-order valence-electron chi connectivity index (χ2n) is 6.63. The minimum Gasteiger partial charge on any atom is -0.478 e. The lowest BCUT2D eigenvalue weighted by Gasteiger charge is -2.10. The van der Waals surface area contributed by atoms with Gasteiger partial charge in [0.15, 0.2) is 11.2 Å². The van der Waals surface area contributed by atoms with E-state index in [1.165, 1.54) is 0 Å². The summed E-state index contributed by atoms with van der Waals surface area (Å²) in [5, 5.41) is 5.24. The first-order valence-electron chi connectivity index (χ1n) is 10.0. The average Bonchev–Trinajstić information content (AvgIpc) is 3.42. The maximum absolute atomic E-state index is 6.02.